The van der Waals surface area contributed by atoms with Crippen molar-refractivity contribution in [1.82, 2.24) is 4.90 Å². The molecule has 1 aromatic carbocycles. The Labute approximate surface area is 129 Å². The first-order chi connectivity index (χ1) is 10.1. The van der Waals surface area contributed by atoms with Gasteiger partial charge in [-0.15, -0.1) is 11.3 Å². The number of aryl methyl sites for hydroxylation is 1. The SMILES string of the molecule is Cc1cccc(C(=O)N(C)Cc2csc(C#CCN)c2)c1. The minimum absolute atomic E-state index is 0.0273. The second-order valence-electron chi connectivity index (χ2n) is 4.86. The van der Waals surface area contributed by atoms with E-state index < -0.39 is 0 Å². The highest BCUT2D eigenvalue weighted by Crippen LogP contribution is 2.16. The molecular weight excluding hydrogens is 280 g/mol. The third-order valence-corrected chi connectivity index (χ3v) is 3.89. The topological polar surface area (TPSA) is 46.3 Å². The molecule has 0 aliphatic heterocycles. The van der Waals surface area contributed by atoms with Crippen LogP contribution in [-0.2, 0) is 6.54 Å². The van der Waals surface area contributed by atoms with E-state index in [0.29, 0.717) is 13.1 Å². The third kappa shape index (κ3) is 4.19. The average molecular weight is 298 g/mol. The molecule has 4 heteroatoms. The molecule has 0 spiro atoms. The van der Waals surface area contributed by atoms with E-state index in [4.69, 9.17) is 5.73 Å². The van der Waals surface area contributed by atoms with Crippen molar-refractivity contribution in [2.75, 3.05) is 13.6 Å². The Bertz CT molecular complexity index is 694. The van der Waals surface area contributed by atoms with E-state index >= 15 is 0 Å². The lowest BCUT2D eigenvalue weighted by molar-refractivity contribution is 0.0785. The van der Waals surface area contributed by atoms with Gasteiger partial charge in [-0.05, 0) is 36.1 Å². The van der Waals surface area contributed by atoms with Gasteiger partial charge >= 0.3 is 0 Å². The summed E-state index contributed by atoms with van der Waals surface area (Å²) in [5.74, 6) is 5.87. The molecule has 0 bridgehead atoms. The molecule has 3 nitrogen and oxygen atoms in total. The lowest BCUT2D eigenvalue weighted by Crippen LogP contribution is -2.26. The Morgan fingerprint density at radius 1 is 1.38 bits per heavy atom. The number of thiophene rings is 1. The van der Waals surface area contributed by atoms with Crippen molar-refractivity contribution >= 4 is 17.2 Å². The van der Waals surface area contributed by atoms with Gasteiger partial charge < -0.3 is 10.6 Å². The second kappa shape index (κ2) is 7.07. The fourth-order valence-electron chi connectivity index (χ4n) is 2.01. The zero-order valence-corrected chi connectivity index (χ0v) is 13.0. The van der Waals surface area contributed by atoms with Crippen molar-refractivity contribution in [2.24, 2.45) is 5.73 Å². The first-order valence-electron chi connectivity index (χ1n) is 6.68. The van der Waals surface area contributed by atoms with Crippen LogP contribution in [-0.4, -0.2) is 24.4 Å². The number of rotatable bonds is 3. The number of amides is 1. The van der Waals surface area contributed by atoms with E-state index in [2.05, 4.69) is 11.8 Å². The highest BCUT2D eigenvalue weighted by atomic mass is 32.1. The highest BCUT2D eigenvalue weighted by molar-refractivity contribution is 7.10. The summed E-state index contributed by atoms with van der Waals surface area (Å²) in [7, 11) is 1.81. The number of carbonyl (C=O) groups excluding carboxylic acids is 1. The first kappa shape index (κ1) is 15.3. The molecule has 0 radical (unpaired) electrons. The fourth-order valence-corrected chi connectivity index (χ4v) is 2.78. The van der Waals surface area contributed by atoms with E-state index in [-0.39, 0.29) is 5.91 Å². The second-order valence-corrected chi connectivity index (χ2v) is 5.77. The van der Waals surface area contributed by atoms with Gasteiger partial charge in [0.05, 0.1) is 11.4 Å². The molecular formula is C17H18N2OS. The Morgan fingerprint density at radius 2 is 2.19 bits per heavy atom. The van der Waals surface area contributed by atoms with Crippen LogP contribution < -0.4 is 5.73 Å². The summed E-state index contributed by atoms with van der Waals surface area (Å²) in [6, 6.07) is 9.65. The van der Waals surface area contributed by atoms with Crippen LogP contribution in [0.5, 0.6) is 0 Å². The maximum Gasteiger partial charge on any atom is 0.253 e. The summed E-state index contributed by atoms with van der Waals surface area (Å²) < 4.78 is 0. The van der Waals surface area contributed by atoms with E-state index in [1.54, 1.807) is 16.2 Å². The molecule has 2 aromatic rings. The van der Waals surface area contributed by atoms with Crippen molar-refractivity contribution in [3.05, 3.63) is 57.3 Å². The van der Waals surface area contributed by atoms with Crippen molar-refractivity contribution in [2.45, 2.75) is 13.5 Å². The molecule has 1 heterocycles. The molecule has 1 amide bonds. The molecule has 0 aliphatic carbocycles. The van der Waals surface area contributed by atoms with Gasteiger partial charge in [0.25, 0.3) is 5.91 Å². The quantitative estimate of drug-likeness (QED) is 0.886. The summed E-state index contributed by atoms with van der Waals surface area (Å²) in [6.07, 6.45) is 0. The smallest absolute Gasteiger partial charge is 0.253 e. The number of carbonyl (C=O) groups is 1. The van der Waals surface area contributed by atoms with Crippen LogP contribution in [0.3, 0.4) is 0 Å². The summed E-state index contributed by atoms with van der Waals surface area (Å²) >= 11 is 1.57. The number of nitrogens with zero attached hydrogens (tertiary/aromatic N) is 1. The molecule has 108 valence electrons. The predicted molar refractivity (Wildman–Crippen MR) is 87.2 cm³/mol. The molecule has 0 unspecified atom stereocenters. The standard InChI is InChI=1S/C17H18N2OS/c1-13-5-3-6-15(9-13)17(20)19(2)11-14-10-16(21-12-14)7-4-8-18/h3,5-6,9-10,12H,8,11,18H2,1-2H3. The fraction of sp³-hybridized carbons (Fsp3) is 0.235. The van der Waals surface area contributed by atoms with Crippen molar-refractivity contribution < 1.29 is 4.79 Å². The van der Waals surface area contributed by atoms with Crippen LogP contribution in [0.15, 0.2) is 35.7 Å². The number of nitrogens with two attached hydrogens (primary N) is 1. The summed E-state index contributed by atoms with van der Waals surface area (Å²) in [4.78, 5) is 15.1. The molecule has 0 saturated heterocycles. The van der Waals surface area contributed by atoms with Gasteiger partial charge in [-0.3, -0.25) is 4.79 Å². The number of benzene rings is 1. The lowest BCUT2D eigenvalue weighted by Gasteiger charge is -2.16. The maximum atomic E-state index is 12.4. The van der Waals surface area contributed by atoms with E-state index in [1.807, 2.05) is 49.7 Å². The van der Waals surface area contributed by atoms with Crippen molar-refractivity contribution in [3.8, 4) is 11.8 Å². The Morgan fingerprint density at radius 3 is 2.90 bits per heavy atom. The van der Waals surface area contributed by atoms with Gasteiger partial charge in [0.2, 0.25) is 0 Å². The minimum Gasteiger partial charge on any atom is -0.337 e. The number of hydrogen-bond acceptors (Lipinski definition) is 3. The Balaban J connectivity index is 2.05. The van der Waals surface area contributed by atoms with E-state index in [0.717, 1.165) is 21.6 Å². The largest absolute Gasteiger partial charge is 0.337 e. The molecule has 2 N–H and O–H groups in total. The highest BCUT2D eigenvalue weighted by Gasteiger charge is 2.12. The predicted octanol–water partition coefficient (Wildman–Crippen LogP) is 2.64. The molecule has 0 fully saturated rings. The van der Waals surface area contributed by atoms with Crippen LogP contribution in [0, 0.1) is 18.8 Å². The molecule has 0 atom stereocenters. The zero-order valence-electron chi connectivity index (χ0n) is 12.2. The van der Waals surface area contributed by atoms with Crippen molar-refractivity contribution in [3.63, 3.8) is 0 Å². The van der Waals surface area contributed by atoms with Gasteiger partial charge in [-0.1, -0.05) is 29.5 Å². The van der Waals surface area contributed by atoms with Crippen LogP contribution >= 0.6 is 11.3 Å². The van der Waals surface area contributed by atoms with Crippen LogP contribution in [0.25, 0.3) is 0 Å². The van der Waals surface area contributed by atoms with Gasteiger partial charge in [-0.2, -0.15) is 0 Å². The van der Waals surface area contributed by atoms with Crippen LogP contribution in [0.1, 0.15) is 26.4 Å². The first-order valence-corrected chi connectivity index (χ1v) is 7.56. The summed E-state index contributed by atoms with van der Waals surface area (Å²) in [5.41, 5.74) is 8.25. The monoisotopic (exact) mass is 298 g/mol. The summed E-state index contributed by atoms with van der Waals surface area (Å²) in [6.45, 7) is 2.92. The zero-order chi connectivity index (χ0) is 15.2. The Kier molecular flexibility index (Phi) is 5.15. The number of hydrogen-bond donors (Lipinski definition) is 1. The van der Waals surface area contributed by atoms with Crippen molar-refractivity contribution in [1.29, 1.82) is 0 Å². The maximum absolute atomic E-state index is 12.4. The lowest BCUT2D eigenvalue weighted by atomic mass is 10.1. The van der Waals surface area contributed by atoms with Gasteiger partial charge in [-0.25, -0.2) is 0 Å². The summed E-state index contributed by atoms with van der Waals surface area (Å²) in [5, 5.41) is 2.03. The average Bonchev–Trinajstić information content (AvgIpc) is 2.91. The van der Waals surface area contributed by atoms with Crippen LogP contribution in [0.4, 0.5) is 0 Å². The molecule has 2 rings (SSSR count). The van der Waals surface area contributed by atoms with Gasteiger partial charge in [0.1, 0.15) is 0 Å². The van der Waals surface area contributed by atoms with E-state index in [1.165, 1.54) is 0 Å². The molecule has 21 heavy (non-hydrogen) atoms. The normalized spacial score (nSPS) is 9.86. The molecule has 1 aromatic heterocycles. The molecule has 0 saturated carbocycles. The van der Waals surface area contributed by atoms with Crippen LogP contribution in [0.2, 0.25) is 0 Å². The Hall–Kier alpha value is -2.09. The molecule has 0 aliphatic rings. The van der Waals surface area contributed by atoms with Gasteiger partial charge in [0.15, 0.2) is 0 Å². The van der Waals surface area contributed by atoms with E-state index in [9.17, 15) is 4.79 Å². The van der Waals surface area contributed by atoms with Gasteiger partial charge in [0, 0.05) is 19.2 Å². The minimum atomic E-state index is 0.0273. The third-order valence-electron chi connectivity index (χ3n) is 3.00.